The first-order chi connectivity index (χ1) is 11.9. The lowest BCUT2D eigenvalue weighted by molar-refractivity contribution is -0.122. The highest BCUT2D eigenvalue weighted by molar-refractivity contribution is 7.91. The Morgan fingerprint density at radius 3 is 2.80 bits per heavy atom. The van der Waals surface area contributed by atoms with Crippen molar-refractivity contribution in [3.05, 3.63) is 22.4 Å². The van der Waals surface area contributed by atoms with Crippen LogP contribution in [0.1, 0.15) is 30.2 Å². The van der Waals surface area contributed by atoms with E-state index in [0.717, 1.165) is 13.1 Å². The fourth-order valence-corrected chi connectivity index (χ4v) is 6.35. The molecule has 0 saturated carbocycles. The highest BCUT2D eigenvalue weighted by Crippen LogP contribution is 2.27. The molecule has 3 heterocycles. The van der Waals surface area contributed by atoms with Crippen molar-refractivity contribution >= 4 is 27.1 Å². The number of thiophene rings is 1. The van der Waals surface area contributed by atoms with Crippen LogP contribution in [0.4, 0.5) is 0 Å². The van der Waals surface area contributed by atoms with Crippen molar-refractivity contribution in [2.75, 3.05) is 44.7 Å². The number of likely N-dealkylation sites (tertiary alicyclic amines) is 1. The molecule has 0 bridgehead atoms. The number of amides is 1. The number of rotatable bonds is 7. The van der Waals surface area contributed by atoms with Gasteiger partial charge in [0.25, 0.3) is 0 Å². The Morgan fingerprint density at radius 2 is 2.20 bits per heavy atom. The minimum atomic E-state index is -2.92. The van der Waals surface area contributed by atoms with E-state index < -0.39 is 9.84 Å². The molecule has 2 fully saturated rings. The number of hydrogen-bond donors (Lipinski definition) is 1. The van der Waals surface area contributed by atoms with E-state index in [4.69, 9.17) is 0 Å². The summed E-state index contributed by atoms with van der Waals surface area (Å²) in [5.41, 5.74) is 0. The van der Waals surface area contributed by atoms with Crippen LogP contribution >= 0.6 is 11.3 Å². The van der Waals surface area contributed by atoms with Gasteiger partial charge in [-0.1, -0.05) is 6.07 Å². The topological polar surface area (TPSA) is 69.7 Å². The van der Waals surface area contributed by atoms with Gasteiger partial charge < -0.3 is 5.32 Å². The molecule has 0 aromatic carbocycles. The van der Waals surface area contributed by atoms with Gasteiger partial charge in [-0.2, -0.15) is 0 Å². The molecule has 2 unspecified atom stereocenters. The minimum Gasteiger partial charge on any atom is -0.353 e. The van der Waals surface area contributed by atoms with E-state index in [1.165, 1.54) is 17.7 Å². The quantitative estimate of drug-likeness (QED) is 0.762. The third-order valence-corrected chi connectivity index (χ3v) is 7.89. The van der Waals surface area contributed by atoms with Crippen LogP contribution in [0.3, 0.4) is 0 Å². The largest absolute Gasteiger partial charge is 0.353 e. The summed E-state index contributed by atoms with van der Waals surface area (Å²) < 4.78 is 23.2. The van der Waals surface area contributed by atoms with Crippen molar-refractivity contribution in [3.8, 4) is 0 Å². The Balaban J connectivity index is 1.51. The number of carbonyl (C=O) groups is 1. The monoisotopic (exact) mass is 385 g/mol. The Hall–Kier alpha value is -0.960. The van der Waals surface area contributed by atoms with E-state index in [2.05, 4.69) is 27.7 Å². The van der Waals surface area contributed by atoms with Crippen LogP contribution in [0, 0.1) is 0 Å². The molecule has 1 aromatic heterocycles. The molecule has 1 aromatic rings. The predicted octanol–water partition coefficient (Wildman–Crippen LogP) is 1.12. The van der Waals surface area contributed by atoms with Gasteiger partial charge in [-0.15, -0.1) is 11.3 Å². The van der Waals surface area contributed by atoms with Gasteiger partial charge in [0.05, 0.1) is 24.1 Å². The second-order valence-corrected chi connectivity index (χ2v) is 10.3. The maximum Gasteiger partial charge on any atom is 0.234 e. The zero-order chi connectivity index (χ0) is 17.9. The molecule has 25 heavy (non-hydrogen) atoms. The molecule has 0 aliphatic carbocycles. The first-order valence-corrected chi connectivity index (χ1v) is 11.6. The number of nitrogens with zero attached hydrogens (tertiary/aromatic N) is 2. The summed E-state index contributed by atoms with van der Waals surface area (Å²) >= 11 is 1.73. The second-order valence-electron chi connectivity index (χ2n) is 7.05. The molecule has 3 rings (SSSR count). The predicted molar refractivity (Wildman–Crippen MR) is 101 cm³/mol. The summed E-state index contributed by atoms with van der Waals surface area (Å²) in [4.78, 5) is 17.9. The van der Waals surface area contributed by atoms with Crippen LogP contribution in [0.5, 0.6) is 0 Å². The van der Waals surface area contributed by atoms with E-state index in [-0.39, 0.29) is 36.0 Å². The second kappa shape index (κ2) is 8.16. The number of carbonyl (C=O) groups excluding carboxylic acids is 1. The number of sulfone groups is 1. The fourth-order valence-electron chi connectivity index (χ4n) is 3.69. The molecule has 1 amide bonds. The minimum absolute atomic E-state index is 0.0347. The average molecular weight is 386 g/mol. The van der Waals surface area contributed by atoms with Crippen molar-refractivity contribution in [3.63, 3.8) is 0 Å². The summed E-state index contributed by atoms with van der Waals surface area (Å²) in [5.74, 6) is 0.370. The summed E-state index contributed by atoms with van der Waals surface area (Å²) in [6.45, 7) is 3.02. The van der Waals surface area contributed by atoms with E-state index >= 15 is 0 Å². The summed E-state index contributed by atoms with van der Waals surface area (Å²) in [6.07, 6.45) is 3.06. The first kappa shape index (κ1) is 18.8. The van der Waals surface area contributed by atoms with E-state index in [1.54, 1.807) is 11.3 Å². The van der Waals surface area contributed by atoms with Crippen molar-refractivity contribution in [1.29, 1.82) is 0 Å². The van der Waals surface area contributed by atoms with Crippen LogP contribution in [0.2, 0.25) is 0 Å². The van der Waals surface area contributed by atoms with Crippen molar-refractivity contribution in [2.24, 2.45) is 0 Å². The van der Waals surface area contributed by atoms with Crippen LogP contribution in [-0.2, 0) is 14.6 Å². The number of likely N-dealkylation sites (N-methyl/N-ethyl adjacent to an activating group) is 1. The van der Waals surface area contributed by atoms with Gasteiger partial charge in [-0.05, 0) is 50.8 Å². The highest BCUT2D eigenvalue weighted by Gasteiger charge is 2.31. The summed E-state index contributed by atoms with van der Waals surface area (Å²) in [7, 11) is -1.09. The number of hydrogen-bond acceptors (Lipinski definition) is 6. The van der Waals surface area contributed by atoms with Crippen LogP contribution < -0.4 is 5.32 Å². The zero-order valence-electron chi connectivity index (χ0n) is 14.7. The molecule has 2 atom stereocenters. The van der Waals surface area contributed by atoms with Crippen LogP contribution in [0.25, 0.3) is 0 Å². The normalized spacial score (nSPS) is 24.6. The molecule has 2 aliphatic rings. The van der Waals surface area contributed by atoms with Crippen LogP contribution in [-0.4, -0.2) is 74.9 Å². The lowest BCUT2D eigenvalue weighted by Gasteiger charge is -2.28. The van der Waals surface area contributed by atoms with E-state index in [9.17, 15) is 13.2 Å². The average Bonchev–Trinajstić information content (AvgIpc) is 3.29. The standard InChI is InChI=1S/C17H27N3O3S2/c1-19(14-6-10-25(22,23)13-14)12-17(21)18-11-15(16-5-4-9-24-16)20-7-2-3-8-20/h4-5,9,14-15H,2-3,6-8,10-13H2,1H3,(H,18,21). The Bertz CT molecular complexity index is 669. The molecule has 2 saturated heterocycles. The van der Waals surface area contributed by atoms with Crippen molar-refractivity contribution in [1.82, 2.24) is 15.1 Å². The third-order valence-electron chi connectivity index (χ3n) is 5.17. The molecule has 0 radical (unpaired) electrons. The number of nitrogens with one attached hydrogen (secondary N) is 1. The molecule has 8 heteroatoms. The van der Waals surface area contributed by atoms with Crippen molar-refractivity contribution in [2.45, 2.75) is 31.3 Å². The maximum absolute atomic E-state index is 12.3. The molecular formula is C17H27N3O3S2. The van der Waals surface area contributed by atoms with E-state index in [1.807, 2.05) is 11.9 Å². The fraction of sp³-hybridized carbons (Fsp3) is 0.706. The lowest BCUT2D eigenvalue weighted by atomic mass is 10.2. The zero-order valence-corrected chi connectivity index (χ0v) is 16.3. The molecular weight excluding hydrogens is 358 g/mol. The van der Waals surface area contributed by atoms with Gasteiger partial charge in [0.15, 0.2) is 9.84 Å². The van der Waals surface area contributed by atoms with Gasteiger partial charge >= 0.3 is 0 Å². The first-order valence-electron chi connectivity index (χ1n) is 8.89. The van der Waals surface area contributed by atoms with Gasteiger partial charge in [0.1, 0.15) is 0 Å². The smallest absolute Gasteiger partial charge is 0.234 e. The van der Waals surface area contributed by atoms with Gasteiger partial charge in [-0.3, -0.25) is 14.6 Å². The molecule has 140 valence electrons. The molecule has 1 N–H and O–H groups in total. The molecule has 6 nitrogen and oxygen atoms in total. The summed E-state index contributed by atoms with van der Waals surface area (Å²) in [6, 6.07) is 4.39. The Labute approximate surface area is 154 Å². The highest BCUT2D eigenvalue weighted by atomic mass is 32.2. The Morgan fingerprint density at radius 1 is 1.44 bits per heavy atom. The maximum atomic E-state index is 12.3. The third kappa shape index (κ3) is 5.03. The summed E-state index contributed by atoms with van der Waals surface area (Å²) in [5, 5.41) is 5.14. The van der Waals surface area contributed by atoms with Gasteiger partial charge in [0.2, 0.25) is 5.91 Å². The van der Waals surface area contributed by atoms with E-state index in [0.29, 0.717) is 13.0 Å². The lowest BCUT2D eigenvalue weighted by Crippen LogP contribution is -2.43. The molecule has 2 aliphatic heterocycles. The van der Waals surface area contributed by atoms with Gasteiger partial charge in [-0.25, -0.2) is 8.42 Å². The SMILES string of the molecule is CN(CC(=O)NCC(c1cccs1)N1CCCC1)C1CCS(=O)(=O)C1. The van der Waals surface area contributed by atoms with Crippen molar-refractivity contribution < 1.29 is 13.2 Å². The van der Waals surface area contributed by atoms with Crippen LogP contribution in [0.15, 0.2) is 17.5 Å². The Kier molecular flexibility index (Phi) is 6.14. The van der Waals surface area contributed by atoms with Gasteiger partial charge in [0, 0.05) is 17.5 Å². The molecule has 0 spiro atoms.